The SMILES string of the molecule is COc1ccc(Cn2cnc3ccc(OCc4ccccc4)nc32)cc1. The van der Waals surface area contributed by atoms with Gasteiger partial charge in [-0.3, -0.25) is 0 Å². The molecule has 4 rings (SSSR count). The van der Waals surface area contributed by atoms with Crippen molar-refractivity contribution in [3.05, 3.63) is 84.2 Å². The predicted molar refractivity (Wildman–Crippen MR) is 100 cm³/mol. The molecule has 4 aromatic rings. The molecule has 0 bridgehead atoms. The molecule has 2 aromatic heterocycles. The van der Waals surface area contributed by atoms with Gasteiger partial charge in [-0.05, 0) is 29.3 Å². The largest absolute Gasteiger partial charge is 0.497 e. The van der Waals surface area contributed by atoms with Crippen LogP contribution < -0.4 is 9.47 Å². The molecule has 0 amide bonds. The van der Waals surface area contributed by atoms with Gasteiger partial charge in [0.25, 0.3) is 0 Å². The highest BCUT2D eigenvalue weighted by molar-refractivity contribution is 5.71. The van der Waals surface area contributed by atoms with Gasteiger partial charge >= 0.3 is 0 Å². The van der Waals surface area contributed by atoms with Crippen molar-refractivity contribution in [1.82, 2.24) is 14.5 Å². The Morgan fingerprint density at radius 1 is 0.885 bits per heavy atom. The molecule has 26 heavy (non-hydrogen) atoms. The number of hydrogen-bond donors (Lipinski definition) is 0. The minimum Gasteiger partial charge on any atom is -0.497 e. The van der Waals surface area contributed by atoms with Crippen LogP contribution in [0.25, 0.3) is 11.2 Å². The first kappa shape index (κ1) is 16.1. The maximum absolute atomic E-state index is 5.84. The van der Waals surface area contributed by atoms with E-state index < -0.39 is 0 Å². The summed E-state index contributed by atoms with van der Waals surface area (Å²) in [5.74, 6) is 1.44. The van der Waals surface area contributed by atoms with Crippen LogP contribution in [0, 0.1) is 0 Å². The van der Waals surface area contributed by atoms with Crippen molar-refractivity contribution in [2.75, 3.05) is 7.11 Å². The fourth-order valence-corrected chi connectivity index (χ4v) is 2.78. The van der Waals surface area contributed by atoms with Crippen molar-refractivity contribution in [1.29, 1.82) is 0 Å². The normalized spacial score (nSPS) is 10.8. The summed E-state index contributed by atoms with van der Waals surface area (Å²) in [6.45, 7) is 1.18. The number of nitrogens with zero attached hydrogens (tertiary/aromatic N) is 3. The lowest BCUT2D eigenvalue weighted by molar-refractivity contribution is 0.294. The van der Waals surface area contributed by atoms with Crippen LogP contribution in [0.15, 0.2) is 73.1 Å². The molecule has 0 aliphatic heterocycles. The van der Waals surface area contributed by atoms with Crippen LogP contribution in [0.5, 0.6) is 11.6 Å². The molecule has 0 saturated heterocycles. The van der Waals surface area contributed by atoms with Crippen LogP contribution in [0.2, 0.25) is 0 Å². The Balaban J connectivity index is 1.54. The van der Waals surface area contributed by atoms with Gasteiger partial charge in [0.2, 0.25) is 5.88 Å². The van der Waals surface area contributed by atoms with Gasteiger partial charge in [0.15, 0.2) is 5.65 Å². The molecule has 0 unspecified atom stereocenters. The van der Waals surface area contributed by atoms with Crippen LogP contribution in [0.4, 0.5) is 0 Å². The number of imidazole rings is 1. The zero-order valence-corrected chi connectivity index (χ0v) is 14.5. The Bertz CT molecular complexity index is 995. The van der Waals surface area contributed by atoms with E-state index in [1.165, 1.54) is 0 Å². The third-order valence-corrected chi connectivity index (χ3v) is 4.18. The first-order valence-corrected chi connectivity index (χ1v) is 8.43. The highest BCUT2D eigenvalue weighted by Gasteiger charge is 2.07. The van der Waals surface area contributed by atoms with Crippen LogP contribution in [0.1, 0.15) is 11.1 Å². The number of aromatic nitrogens is 3. The smallest absolute Gasteiger partial charge is 0.215 e. The second-order valence-electron chi connectivity index (χ2n) is 5.99. The lowest BCUT2D eigenvalue weighted by Gasteiger charge is -2.08. The molecule has 0 aliphatic rings. The molecule has 2 aromatic carbocycles. The van der Waals surface area contributed by atoms with Crippen LogP contribution in [-0.4, -0.2) is 21.6 Å². The van der Waals surface area contributed by atoms with E-state index in [1.807, 2.05) is 77.6 Å². The zero-order valence-electron chi connectivity index (χ0n) is 14.5. The summed E-state index contributed by atoms with van der Waals surface area (Å²) in [4.78, 5) is 9.06. The topological polar surface area (TPSA) is 49.2 Å². The summed E-state index contributed by atoms with van der Waals surface area (Å²) in [5.41, 5.74) is 3.93. The average molecular weight is 345 g/mol. The van der Waals surface area contributed by atoms with Gasteiger partial charge in [0, 0.05) is 6.07 Å². The highest BCUT2D eigenvalue weighted by Crippen LogP contribution is 2.19. The second-order valence-corrected chi connectivity index (χ2v) is 5.99. The Morgan fingerprint density at radius 2 is 1.69 bits per heavy atom. The van der Waals surface area contributed by atoms with Crippen molar-refractivity contribution >= 4 is 11.2 Å². The minimum atomic E-state index is 0.492. The molecule has 0 N–H and O–H groups in total. The molecule has 0 saturated carbocycles. The second kappa shape index (κ2) is 7.27. The van der Waals surface area contributed by atoms with E-state index in [1.54, 1.807) is 7.11 Å². The number of rotatable bonds is 6. The first-order chi connectivity index (χ1) is 12.8. The number of hydrogen-bond acceptors (Lipinski definition) is 4. The highest BCUT2D eigenvalue weighted by atomic mass is 16.5. The fourth-order valence-electron chi connectivity index (χ4n) is 2.78. The lowest BCUT2D eigenvalue weighted by Crippen LogP contribution is -2.01. The monoisotopic (exact) mass is 345 g/mol. The number of fused-ring (bicyclic) bond motifs is 1. The molecule has 0 aliphatic carbocycles. The van der Waals surface area contributed by atoms with E-state index in [4.69, 9.17) is 9.47 Å². The van der Waals surface area contributed by atoms with Crippen molar-refractivity contribution < 1.29 is 9.47 Å². The summed E-state index contributed by atoms with van der Waals surface area (Å²) in [7, 11) is 1.67. The summed E-state index contributed by atoms with van der Waals surface area (Å²) in [6.07, 6.45) is 1.81. The molecule has 0 fully saturated rings. The average Bonchev–Trinajstić information content (AvgIpc) is 3.10. The molecule has 0 spiro atoms. The summed E-state index contributed by atoms with van der Waals surface area (Å²) in [6, 6.07) is 21.8. The Labute approximate surface area is 151 Å². The Hall–Kier alpha value is -3.34. The van der Waals surface area contributed by atoms with Gasteiger partial charge in [-0.2, -0.15) is 4.98 Å². The molecular formula is C21H19N3O2. The van der Waals surface area contributed by atoms with Gasteiger partial charge in [-0.15, -0.1) is 0 Å². The molecule has 5 heteroatoms. The van der Waals surface area contributed by atoms with E-state index in [0.29, 0.717) is 19.0 Å². The predicted octanol–water partition coefficient (Wildman–Crippen LogP) is 4.07. The van der Waals surface area contributed by atoms with Crippen LogP contribution in [0.3, 0.4) is 0 Å². The maximum Gasteiger partial charge on any atom is 0.215 e. The Morgan fingerprint density at radius 3 is 2.46 bits per heavy atom. The minimum absolute atomic E-state index is 0.492. The molecule has 2 heterocycles. The quantitative estimate of drug-likeness (QED) is 0.529. The first-order valence-electron chi connectivity index (χ1n) is 8.43. The van der Waals surface area contributed by atoms with E-state index >= 15 is 0 Å². The summed E-state index contributed by atoms with van der Waals surface area (Å²) in [5, 5.41) is 0. The van der Waals surface area contributed by atoms with Crippen molar-refractivity contribution in [3.63, 3.8) is 0 Å². The van der Waals surface area contributed by atoms with Crippen LogP contribution >= 0.6 is 0 Å². The zero-order chi connectivity index (χ0) is 17.8. The molecular weight excluding hydrogens is 326 g/mol. The summed E-state index contributed by atoms with van der Waals surface area (Å²) < 4.78 is 13.1. The molecule has 0 radical (unpaired) electrons. The fraction of sp³-hybridized carbons (Fsp3) is 0.143. The van der Waals surface area contributed by atoms with Crippen LogP contribution in [-0.2, 0) is 13.2 Å². The van der Waals surface area contributed by atoms with Gasteiger partial charge in [0.05, 0.1) is 20.0 Å². The maximum atomic E-state index is 5.84. The van der Waals surface area contributed by atoms with E-state index in [0.717, 1.165) is 28.0 Å². The van der Waals surface area contributed by atoms with Crippen molar-refractivity contribution in [2.45, 2.75) is 13.2 Å². The number of methoxy groups -OCH3 is 1. The van der Waals surface area contributed by atoms with Gasteiger partial charge < -0.3 is 14.0 Å². The number of pyridine rings is 1. The standard InChI is InChI=1S/C21H19N3O2/c1-25-18-9-7-16(8-10-18)13-24-15-22-19-11-12-20(23-21(19)24)26-14-17-5-3-2-4-6-17/h2-12,15H,13-14H2,1H3. The van der Waals surface area contributed by atoms with E-state index in [9.17, 15) is 0 Å². The van der Waals surface area contributed by atoms with Crippen molar-refractivity contribution in [3.8, 4) is 11.6 Å². The van der Waals surface area contributed by atoms with Gasteiger partial charge in [-0.25, -0.2) is 4.98 Å². The lowest BCUT2D eigenvalue weighted by atomic mass is 10.2. The van der Waals surface area contributed by atoms with Crippen molar-refractivity contribution in [2.24, 2.45) is 0 Å². The molecule has 0 atom stereocenters. The summed E-state index contributed by atoms with van der Waals surface area (Å²) >= 11 is 0. The third kappa shape index (κ3) is 3.52. The Kier molecular flexibility index (Phi) is 4.51. The van der Waals surface area contributed by atoms with Gasteiger partial charge in [-0.1, -0.05) is 42.5 Å². The molecule has 130 valence electrons. The van der Waals surface area contributed by atoms with E-state index in [2.05, 4.69) is 9.97 Å². The van der Waals surface area contributed by atoms with E-state index in [-0.39, 0.29) is 0 Å². The number of ether oxygens (including phenoxy) is 2. The number of benzene rings is 2. The molecule has 5 nitrogen and oxygen atoms in total. The van der Waals surface area contributed by atoms with Gasteiger partial charge in [0.1, 0.15) is 17.9 Å². The third-order valence-electron chi connectivity index (χ3n) is 4.18.